The molecule has 2 N–H and O–H groups in total. The van der Waals surface area contributed by atoms with Gasteiger partial charge in [-0.05, 0) is 19.8 Å². The third-order valence-corrected chi connectivity index (χ3v) is 3.50. The molecule has 1 saturated carbocycles. The highest BCUT2D eigenvalue weighted by molar-refractivity contribution is 4.85. The first-order chi connectivity index (χ1) is 6.75. The SMILES string of the molecule is CC1CN(C2CCCC2)CC(O)CN1. The maximum atomic E-state index is 9.73. The van der Waals surface area contributed by atoms with Gasteiger partial charge in [0.05, 0.1) is 6.10 Å². The van der Waals surface area contributed by atoms with Crippen molar-refractivity contribution in [3.8, 4) is 0 Å². The van der Waals surface area contributed by atoms with E-state index >= 15 is 0 Å². The van der Waals surface area contributed by atoms with Crippen LogP contribution in [0.4, 0.5) is 0 Å². The molecule has 1 heterocycles. The normalized spacial score (nSPS) is 37.3. The number of nitrogens with one attached hydrogen (secondary N) is 1. The maximum Gasteiger partial charge on any atom is 0.0791 e. The highest BCUT2D eigenvalue weighted by Gasteiger charge is 2.27. The summed E-state index contributed by atoms with van der Waals surface area (Å²) >= 11 is 0. The minimum Gasteiger partial charge on any atom is -0.390 e. The Morgan fingerprint density at radius 2 is 1.93 bits per heavy atom. The van der Waals surface area contributed by atoms with Crippen LogP contribution in [-0.2, 0) is 0 Å². The zero-order valence-corrected chi connectivity index (χ0v) is 9.08. The molecule has 3 heteroatoms. The highest BCUT2D eigenvalue weighted by atomic mass is 16.3. The lowest BCUT2D eigenvalue weighted by Gasteiger charge is -2.29. The van der Waals surface area contributed by atoms with Crippen LogP contribution < -0.4 is 5.32 Å². The van der Waals surface area contributed by atoms with Crippen LogP contribution in [0.1, 0.15) is 32.6 Å². The van der Waals surface area contributed by atoms with Gasteiger partial charge in [-0.25, -0.2) is 0 Å². The van der Waals surface area contributed by atoms with Crippen LogP contribution >= 0.6 is 0 Å². The Labute approximate surface area is 86.5 Å². The number of hydrogen-bond donors (Lipinski definition) is 2. The lowest BCUT2D eigenvalue weighted by atomic mass is 10.2. The van der Waals surface area contributed by atoms with Crippen molar-refractivity contribution in [1.82, 2.24) is 10.2 Å². The predicted octanol–water partition coefficient (Wildman–Crippen LogP) is 0.584. The standard InChI is InChI=1S/C11H22N2O/c1-9-7-13(8-11(14)6-12-9)10-4-2-3-5-10/h9-12,14H,2-8H2,1H3. The van der Waals surface area contributed by atoms with Crippen molar-refractivity contribution < 1.29 is 5.11 Å². The molecule has 0 radical (unpaired) electrons. The number of β-amino-alcohol motifs (C(OH)–C–C–N with tert-alkyl or cyclic N) is 1. The summed E-state index contributed by atoms with van der Waals surface area (Å²) in [4.78, 5) is 2.49. The van der Waals surface area contributed by atoms with Gasteiger partial charge in [0.25, 0.3) is 0 Å². The van der Waals surface area contributed by atoms with Crippen molar-refractivity contribution in [1.29, 1.82) is 0 Å². The molecule has 2 unspecified atom stereocenters. The van der Waals surface area contributed by atoms with Gasteiger partial charge >= 0.3 is 0 Å². The van der Waals surface area contributed by atoms with Crippen LogP contribution in [0.15, 0.2) is 0 Å². The largest absolute Gasteiger partial charge is 0.390 e. The van der Waals surface area contributed by atoms with Crippen molar-refractivity contribution in [2.75, 3.05) is 19.6 Å². The molecule has 0 bridgehead atoms. The first kappa shape index (κ1) is 10.4. The molecule has 0 aromatic heterocycles. The van der Waals surface area contributed by atoms with E-state index in [4.69, 9.17) is 0 Å². The monoisotopic (exact) mass is 198 g/mol. The van der Waals surface area contributed by atoms with Crippen LogP contribution in [-0.4, -0.2) is 47.8 Å². The van der Waals surface area contributed by atoms with Gasteiger partial charge in [0.1, 0.15) is 0 Å². The van der Waals surface area contributed by atoms with Gasteiger partial charge in [0.2, 0.25) is 0 Å². The van der Waals surface area contributed by atoms with Gasteiger partial charge < -0.3 is 10.4 Å². The molecule has 3 nitrogen and oxygen atoms in total. The number of hydrogen-bond acceptors (Lipinski definition) is 3. The van der Waals surface area contributed by atoms with E-state index < -0.39 is 0 Å². The smallest absolute Gasteiger partial charge is 0.0791 e. The van der Waals surface area contributed by atoms with Crippen LogP contribution in [0.5, 0.6) is 0 Å². The minimum absolute atomic E-state index is 0.180. The Morgan fingerprint density at radius 1 is 1.21 bits per heavy atom. The molecule has 82 valence electrons. The molecular formula is C11H22N2O. The fourth-order valence-corrected chi connectivity index (χ4v) is 2.73. The summed E-state index contributed by atoms with van der Waals surface area (Å²) in [6, 6.07) is 1.26. The average Bonchev–Trinajstić information content (AvgIpc) is 2.61. The molecule has 0 spiro atoms. The second-order valence-corrected chi connectivity index (χ2v) is 4.86. The molecule has 2 aliphatic rings. The third kappa shape index (κ3) is 2.47. The summed E-state index contributed by atoms with van der Waals surface area (Å²) in [5, 5.41) is 13.1. The number of rotatable bonds is 1. The van der Waals surface area contributed by atoms with E-state index in [2.05, 4.69) is 17.1 Å². The lowest BCUT2D eigenvalue weighted by Crippen LogP contribution is -2.41. The predicted molar refractivity (Wildman–Crippen MR) is 57.3 cm³/mol. The second-order valence-electron chi connectivity index (χ2n) is 4.86. The molecular weight excluding hydrogens is 176 g/mol. The molecule has 0 amide bonds. The van der Waals surface area contributed by atoms with E-state index in [0.29, 0.717) is 6.04 Å². The highest BCUT2D eigenvalue weighted by Crippen LogP contribution is 2.24. The van der Waals surface area contributed by atoms with Gasteiger partial charge in [-0.3, -0.25) is 4.90 Å². The van der Waals surface area contributed by atoms with E-state index in [1.807, 2.05) is 0 Å². The Morgan fingerprint density at radius 3 is 2.64 bits per heavy atom. The molecule has 2 atom stereocenters. The molecule has 2 fully saturated rings. The number of aliphatic hydroxyl groups is 1. The van der Waals surface area contributed by atoms with E-state index in [0.717, 1.165) is 25.7 Å². The number of aliphatic hydroxyl groups excluding tert-OH is 1. The zero-order chi connectivity index (χ0) is 9.97. The maximum absolute atomic E-state index is 9.73. The quantitative estimate of drug-likeness (QED) is 0.647. The Bertz CT molecular complexity index is 168. The first-order valence-corrected chi connectivity index (χ1v) is 5.91. The van der Waals surface area contributed by atoms with E-state index in [1.165, 1.54) is 25.7 Å². The minimum atomic E-state index is -0.180. The fraction of sp³-hybridized carbons (Fsp3) is 1.00. The van der Waals surface area contributed by atoms with Crippen LogP contribution in [0.3, 0.4) is 0 Å². The molecule has 1 aliphatic heterocycles. The second kappa shape index (κ2) is 4.60. The van der Waals surface area contributed by atoms with E-state index in [-0.39, 0.29) is 6.10 Å². The Kier molecular flexibility index (Phi) is 3.42. The Hall–Kier alpha value is -0.120. The average molecular weight is 198 g/mol. The van der Waals surface area contributed by atoms with Crippen LogP contribution in [0.25, 0.3) is 0 Å². The van der Waals surface area contributed by atoms with E-state index in [9.17, 15) is 5.11 Å². The first-order valence-electron chi connectivity index (χ1n) is 5.91. The van der Waals surface area contributed by atoms with Gasteiger partial charge in [-0.1, -0.05) is 12.8 Å². The van der Waals surface area contributed by atoms with Crippen molar-refractivity contribution in [3.05, 3.63) is 0 Å². The topological polar surface area (TPSA) is 35.5 Å². The summed E-state index contributed by atoms with van der Waals surface area (Å²) < 4.78 is 0. The summed E-state index contributed by atoms with van der Waals surface area (Å²) in [5.74, 6) is 0. The van der Waals surface area contributed by atoms with Crippen molar-refractivity contribution in [3.63, 3.8) is 0 Å². The van der Waals surface area contributed by atoms with Gasteiger partial charge in [-0.15, -0.1) is 0 Å². The van der Waals surface area contributed by atoms with Crippen LogP contribution in [0.2, 0.25) is 0 Å². The van der Waals surface area contributed by atoms with Crippen molar-refractivity contribution in [2.45, 2.75) is 50.8 Å². The number of nitrogens with zero attached hydrogens (tertiary/aromatic N) is 1. The van der Waals surface area contributed by atoms with Gasteiger partial charge in [0, 0.05) is 31.7 Å². The van der Waals surface area contributed by atoms with E-state index in [1.54, 1.807) is 0 Å². The lowest BCUT2D eigenvalue weighted by molar-refractivity contribution is 0.105. The summed E-state index contributed by atoms with van der Waals surface area (Å²) in [6.07, 6.45) is 5.23. The van der Waals surface area contributed by atoms with Crippen molar-refractivity contribution in [2.24, 2.45) is 0 Å². The van der Waals surface area contributed by atoms with Crippen LogP contribution in [0, 0.1) is 0 Å². The molecule has 0 aromatic carbocycles. The third-order valence-electron chi connectivity index (χ3n) is 3.50. The molecule has 0 aromatic rings. The molecule has 2 rings (SSSR count). The molecule has 1 saturated heterocycles. The van der Waals surface area contributed by atoms with Gasteiger partial charge in [0.15, 0.2) is 0 Å². The summed E-state index contributed by atoms with van der Waals surface area (Å²) in [6.45, 7) is 4.92. The van der Waals surface area contributed by atoms with Crippen molar-refractivity contribution >= 4 is 0 Å². The van der Waals surface area contributed by atoms with Gasteiger partial charge in [-0.2, -0.15) is 0 Å². The molecule has 14 heavy (non-hydrogen) atoms. The zero-order valence-electron chi connectivity index (χ0n) is 9.08. The summed E-state index contributed by atoms with van der Waals surface area (Å²) in [5.41, 5.74) is 0. The summed E-state index contributed by atoms with van der Waals surface area (Å²) in [7, 11) is 0. The fourth-order valence-electron chi connectivity index (χ4n) is 2.73. The Balaban J connectivity index is 1.93. The molecule has 1 aliphatic carbocycles.